The predicted octanol–water partition coefficient (Wildman–Crippen LogP) is 1.62. The highest BCUT2D eigenvalue weighted by molar-refractivity contribution is 9.10. The molecule has 0 aromatic heterocycles. The van der Waals surface area contributed by atoms with E-state index in [0.717, 1.165) is 0 Å². The van der Waals surface area contributed by atoms with Gasteiger partial charge in [-0.25, -0.2) is 17.5 Å². The van der Waals surface area contributed by atoms with Crippen LogP contribution in [-0.4, -0.2) is 35.2 Å². The van der Waals surface area contributed by atoms with Crippen molar-refractivity contribution in [1.29, 1.82) is 0 Å². The summed E-state index contributed by atoms with van der Waals surface area (Å²) in [6.07, 6.45) is 0. The van der Waals surface area contributed by atoms with Gasteiger partial charge >= 0.3 is 0 Å². The number of sulfonamides is 1. The standard InChI is InChI=1S/C12H18BrFN2O3S/c1-3-19-5-4-16-20(17,18)11-7-10(13)6-9(8-15-2)12(11)14/h6-7,15-16H,3-5,8H2,1-2H3. The molecule has 0 unspecified atom stereocenters. The van der Waals surface area contributed by atoms with Crippen molar-refractivity contribution in [2.45, 2.75) is 18.4 Å². The molecule has 1 aromatic rings. The Bertz CT molecular complexity index is 552. The maximum absolute atomic E-state index is 14.2. The van der Waals surface area contributed by atoms with Crippen LogP contribution in [0.2, 0.25) is 0 Å². The van der Waals surface area contributed by atoms with E-state index in [2.05, 4.69) is 26.0 Å². The molecule has 2 N–H and O–H groups in total. The first-order valence-electron chi connectivity index (χ1n) is 6.12. The molecule has 0 amide bonds. The average molecular weight is 369 g/mol. The lowest BCUT2D eigenvalue weighted by Crippen LogP contribution is -2.28. The number of hydrogen-bond acceptors (Lipinski definition) is 4. The van der Waals surface area contributed by atoms with E-state index in [-0.39, 0.29) is 30.2 Å². The van der Waals surface area contributed by atoms with Gasteiger partial charge in [-0.3, -0.25) is 0 Å². The minimum Gasteiger partial charge on any atom is -0.380 e. The van der Waals surface area contributed by atoms with Crippen LogP contribution in [0.5, 0.6) is 0 Å². The van der Waals surface area contributed by atoms with Crippen LogP contribution in [0.3, 0.4) is 0 Å². The number of ether oxygens (including phenoxy) is 1. The molecule has 0 saturated heterocycles. The van der Waals surface area contributed by atoms with Crippen LogP contribution in [-0.2, 0) is 21.3 Å². The van der Waals surface area contributed by atoms with Crippen LogP contribution in [0.4, 0.5) is 4.39 Å². The van der Waals surface area contributed by atoms with Crippen LogP contribution in [0, 0.1) is 5.82 Å². The van der Waals surface area contributed by atoms with E-state index in [9.17, 15) is 12.8 Å². The van der Waals surface area contributed by atoms with Crippen molar-refractivity contribution in [3.05, 3.63) is 28.0 Å². The highest BCUT2D eigenvalue weighted by Gasteiger charge is 2.21. The molecule has 0 radical (unpaired) electrons. The summed E-state index contributed by atoms with van der Waals surface area (Å²) >= 11 is 3.19. The molecule has 0 aliphatic rings. The normalized spacial score (nSPS) is 11.8. The molecule has 0 aliphatic carbocycles. The van der Waals surface area contributed by atoms with Crippen molar-refractivity contribution in [2.24, 2.45) is 0 Å². The van der Waals surface area contributed by atoms with Crippen LogP contribution in [0.25, 0.3) is 0 Å². The van der Waals surface area contributed by atoms with Gasteiger partial charge in [-0.2, -0.15) is 0 Å². The van der Waals surface area contributed by atoms with Gasteiger partial charge in [0.2, 0.25) is 10.0 Å². The molecule has 20 heavy (non-hydrogen) atoms. The average Bonchev–Trinajstić information content (AvgIpc) is 2.39. The second kappa shape index (κ2) is 8.04. The number of halogens is 2. The highest BCUT2D eigenvalue weighted by Crippen LogP contribution is 2.24. The quantitative estimate of drug-likeness (QED) is 0.684. The molecule has 0 heterocycles. The van der Waals surface area contributed by atoms with Gasteiger partial charge in [-0.1, -0.05) is 15.9 Å². The van der Waals surface area contributed by atoms with Crippen molar-refractivity contribution in [3.63, 3.8) is 0 Å². The molecular weight excluding hydrogens is 351 g/mol. The molecule has 8 heteroatoms. The minimum absolute atomic E-state index is 0.101. The lowest BCUT2D eigenvalue weighted by atomic mass is 10.2. The Labute approximate surface area is 127 Å². The molecule has 1 rings (SSSR count). The molecular formula is C12H18BrFN2O3S. The first kappa shape index (κ1) is 17.5. The number of hydrogen-bond donors (Lipinski definition) is 2. The Balaban J connectivity index is 2.99. The Morgan fingerprint density at radius 3 is 2.70 bits per heavy atom. The lowest BCUT2D eigenvalue weighted by molar-refractivity contribution is 0.153. The van der Waals surface area contributed by atoms with Gasteiger partial charge in [0.25, 0.3) is 0 Å². The minimum atomic E-state index is -3.90. The SMILES string of the molecule is CCOCCNS(=O)(=O)c1cc(Br)cc(CNC)c1F. The van der Waals surface area contributed by atoms with Gasteiger partial charge in [-0.15, -0.1) is 0 Å². The molecule has 1 aromatic carbocycles. The summed E-state index contributed by atoms with van der Waals surface area (Å²) in [7, 11) is -2.24. The second-order valence-electron chi connectivity index (χ2n) is 4.00. The summed E-state index contributed by atoms with van der Waals surface area (Å²) in [6, 6.07) is 2.79. The van der Waals surface area contributed by atoms with E-state index < -0.39 is 15.8 Å². The van der Waals surface area contributed by atoms with Gasteiger partial charge in [0.1, 0.15) is 10.7 Å². The number of rotatable bonds is 8. The van der Waals surface area contributed by atoms with Crippen molar-refractivity contribution in [2.75, 3.05) is 26.8 Å². The second-order valence-corrected chi connectivity index (χ2v) is 6.65. The fourth-order valence-corrected chi connectivity index (χ4v) is 3.42. The van der Waals surface area contributed by atoms with E-state index >= 15 is 0 Å². The fraction of sp³-hybridized carbons (Fsp3) is 0.500. The number of nitrogens with one attached hydrogen (secondary N) is 2. The van der Waals surface area contributed by atoms with E-state index in [1.165, 1.54) is 6.07 Å². The zero-order valence-corrected chi connectivity index (χ0v) is 13.8. The first-order valence-corrected chi connectivity index (χ1v) is 8.40. The zero-order valence-electron chi connectivity index (χ0n) is 11.4. The summed E-state index contributed by atoms with van der Waals surface area (Å²) < 4.78 is 46.2. The summed E-state index contributed by atoms with van der Waals surface area (Å²) in [6.45, 7) is 2.90. The fourth-order valence-electron chi connectivity index (χ4n) is 1.60. The third-order valence-electron chi connectivity index (χ3n) is 2.48. The van der Waals surface area contributed by atoms with Gasteiger partial charge in [-0.05, 0) is 26.1 Å². The molecule has 0 atom stereocenters. The predicted molar refractivity (Wildman–Crippen MR) is 78.5 cm³/mol. The Kier molecular flexibility index (Phi) is 7.04. The Morgan fingerprint density at radius 1 is 1.40 bits per heavy atom. The van der Waals surface area contributed by atoms with Gasteiger partial charge < -0.3 is 10.1 Å². The maximum Gasteiger partial charge on any atom is 0.243 e. The zero-order chi connectivity index (χ0) is 15.2. The van der Waals surface area contributed by atoms with Crippen LogP contribution in [0.1, 0.15) is 12.5 Å². The lowest BCUT2D eigenvalue weighted by Gasteiger charge is -2.11. The van der Waals surface area contributed by atoms with Crippen molar-refractivity contribution in [1.82, 2.24) is 10.0 Å². The van der Waals surface area contributed by atoms with Crippen molar-refractivity contribution >= 4 is 26.0 Å². The Morgan fingerprint density at radius 2 is 2.10 bits per heavy atom. The van der Waals surface area contributed by atoms with Gasteiger partial charge in [0.15, 0.2) is 0 Å². The van der Waals surface area contributed by atoms with Crippen LogP contribution >= 0.6 is 15.9 Å². The van der Waals surface area contributed by atoms with Crippen LogP contribution < -0.4 is 10.0 Å². The molecule has 0 spiro atoms. The number of benzene rings is 1. The molecule has 5 nitrogen and oxygen atoms in total. The molecule has 114 valence electrons. The summed E-state index contributed by atoms with van der Waals surface area (Å²) in [5.41, 5.74) is 0.284. The largest absolute Gasteiger partial charge is 0.380 e. The van der Waals surface area contributed by atoms with Gasteiger partial charge in [0.05, 0.1) is 6.61 Å². The smallest absolute Gasteiger partial charge is 0.243 e. The van der Waals surface area contributed by atoms with Crippen LogP contribution in [0.15, 0.2) is 21.5 Å². The van der Waals surface area contributed by atoms with E-state index in [4.69, 9.17) is 4.74 Å². The van der Waals surface area contributed by atoms with Crippen molar-refractivity contribution in [3.8, 4) is 0 Å². The van der Waals surface area contributed by atoms with E-state index in [1.807, 2.05) is 6.92 Å². The van der Waals surface area contributed by atoms with E-state index in [0.29, 0.717) is 11.1 Å². The van der Waals surface area contributed by atoms with E-state index in [1.54, 1.807) is 13.1 Å². The summed E-state index contributed by atoms with van der Waals surface area (Å²) in [5.74, 6) is -0.744. The molecule has 0 saturated carbocycles. The summed E-state index contributed by atoms with van der Waals surface area (Å²) in [4.78, 5) is -0.367. The molecule has 0 bridgehead atoms. The van der Waals surface area contributed by atoms with Gasteiger partial charge in [0, 0.05) is 29.7 Å². The third kappa shape index (κ3) is 4.78. The first-order chi connectivity index (χ1) is 9.42. The monoisotopic (exact) mass is 368 g/mol. The molecule has 0 aliphatic heterocycles. The third-order valence-corrected chi connectivity index (χ3v) is 4.40. The van der Waals surface area contributed by atoms with Crippen molar-refractivity contribution < 1.29 is 17.5 Å². The maximum atomic E-state index is 14.2. The highest BCUT2D eigenvalue weighted by atomic mass is 79.9. The Hall–Kier alpha value is -0.540. The molecule has 0 fully saturated rings. The summed E-state index contributed by atoms with van der Waals surface area (Å²) in [5, 5.41) is 2.79. The topological polar surface area (TPSA) is 67.4 Å².